The average Bonchev–Trinajstić information content (AvgIpc) is 3.09. The monoisotopic (exact) mass is 231 g/mol. The Bertz CT molecular complexity index is 516. The van der Waals surface area contributed by atoms with Crippen molar-refractivity contribution in [1.29, 1.82) is 0 Å². The number of benzene rings is 1. The molecule has 4 N–H and O–H groups in total. The second-order valence-electron chi connectivity index (χ2n) is 6.17. The van der Waals surface area contributed by atoms with Crippen LogP contribution in [0.2, 0.25) is 0 Å². The third-order valence-corrected chi connectivity index (χ3v) is 4.74. The SMILES string of the molecule is CC1(C)NC1(c1ccc(O)cc1)C12NC1(C)N2. The van der Waals surface area contributed by atoms with Gasteiger partial charge < -0.3 is 5.11 Å². The molecule has 4 rings (SSSR count). The van der Waals surface area contributed by atoms with Crippen LogP contribution in [0.3, 0.4) is 0 Å². The number of fused-ring (bicyclic) bond motifs is 1. The molecule has 1 atom stereocenters. The number of rotatable bonds is 2. The van der Waals surface area contributed by atoms with Gasteiger partial charge in [0.05, 0.1) is 5.54 Å². The lowest BCUT2D eigenvalue weighted by Gasteiger charge is -2.20. The number of phenolic OH excluding ortho intramolecular Hbond substituents is 1. The largest absolute Gasteiger partial charge is 0.508 e. The molecular weight excluding hydrogens is 214 g/mol. The van der Waals surface area contributed by atoms with E-state index in [-0.39, 0.29) is 22.4 Å². The molecule has 3 saturated heterocycles. The first kappa shape index (κ1) is 9.88. The highest BCUT2D eigenvalue weighted by molar-refractivity contribution is 5.58. The third-order valence-electron chi connectivity index (χ3n) is 4.74. The van der Waals surface area contributed by atoms with Gasteiger partial charge in [0.25, 0.3) is 0 Å². The summed E-state index contributed by atoms with van der Waals surface area (Å²) < 4.78 is 0. The zero-order valence-electron chi connectivity index (χ0n) is 10.3. The lowest BCUT2D eigenvalue weighted by atomic mass is 9.83. The summed E-state index contributed by atoms with van der Waals surface area (Å²) >= 11 is 0. The topological polar surface area (TPSA) is 86.0 Å². The third kappa shape index (κ3) is 0.853. The van der Waals surface area contributed by atoms with E-state index in [9.17, 15) is 5.11 Å². The number of nitrogens with one attached hydrogen (secondary N) is 3. The van der Waals surface area contributed by atoms with Crippen LogP contribution in [-0.4, -0.2) is 22.0 Å². The van der Waals surface area contributed by atoms with E-state index in [2.05, 4.69) is 36.7 Å². The molecule has 0 radical (unpaired) electrons. The normalized spacial score (nSPS) is 48.4. The minimum atomic E-state index is -0.0670. The molecule has 0 aromatic heterocycles. The van der Waals surface area contributed by atoms with E-state index >= 15 is 0 Å². The Morgan fingerprint density at radius 3 is 1.76 bits per heavy atom. The molecule has 3 heterocycles. The average molecular weight is 231 g/mol. The summed E-state index contributed by atoms with van der Waals surface area (Å²) in [6, 6.07) is 7.52. The first-order valence-electron chi connectivity index (χ1n) is 6.04. The molecule has 1 unspecified atom stereocenters. The van der Waals surface area contributed by atoms with Crippen LogP contribution in [0.5, 0.6) is 5.75 Å². The Balaban J connectivity index is 1.82. The molecule has 0 amide bonds. The second kappa shape index (κ2) is 2.23. The van der Waals surface area contributed by atoms with Gasteiger partial charge in [-0.3, -0.25) is 16.0 Å². The van der Waals surface area contributed by atoms with Crippen LogP contribution in [0.1, 0.15) is 26.3 Å². The molecule has 1 aromatic rings. The molecule has 1 aromatic carbocycles. The first-order valence-corrected chi connectivity index (χ1v) is 6.04. The summed E-state index contributed by atoms with van der Waals surface area (Å²) in [5, 5.41) is 20.1. The highest BCUT2D eigenvalue weighted by Crippen LogP contribution is 2.69. The van der Waals surface area contributed by atoms with Gasteiger partial charge >= 0.3 is 0 Å². The summed E-state index contributed by atoms with van der Waals surface area (Å²) in [6.07, 6.45) is 0. The fourth-order valence-corrected chi connectivity index (χ4v) is 3.61. The Kier molecular flexibility index (Phi) is 1.30. The maximum absolute atomic E-state index is 9.40. The fraction of sp³-hybridized carbons (Fsp3) is 0.538. The van der Waals surface area contributed by atoms with Crippen LogP contribution in [-0.2, 0) is 5.54 Å². The van der Waals surface area contributed by atoms with Crippen LogP contribution in [0.15, 0.2) is 24.3 Å². The van der Waals surface area contributed by atoms with Crippen LogP contribution < -0.4 is 16.0 Å². The standard InChI is InChI=1S/C13H17N3O/c1-10(2)12(14-10,13-11(3,15-13)16-13)8-4-6-9(17)7-5-8/h4-7,14-17H,1-3H3. The van der Waals surface area contributed by atoms with Crippen molar-refractivity contribution in [3.63, 3.8) is 0 Å². The van der Waals surface area contributed by atoms with E-state index in [4.69, 9.17) is 0 Å². The lowest BCUT2D eigenvalue weighted by molar-refractivity contribution is 0.444. The Hall–Kier alpha value is -1.10. The number of phenols is 1. The van der Waals surface area contributed by atoms with E-state index in [1.165, 1.54) is 5.56 Å². The van der Waals surface area contributed by atoms with E-state index in [1.54, 1.807) is 12.1 Å². The predicted molar refractivity (Wildman–Crippen MR) is 64.4 cm³/mol. The molecule has 0 saturated carbocycles. The number of aromatic hydroxyl groups is 1. The van der Waals surface area contributed by atoms with Crippen molar-refractivity contribution in [1.82, 2.24) is 16.0 Å². The predicted octanol–water partition coefficient (Wildman–Crippen LogP) is 0.588. The molecule has 0 spiro atoms. The summed E-state index contributed by atoms with van der Waals surface area (Å²) in [6.45, 7) is 6.62. The Labute approximate surface area is 100 Å². The van der Waals surface area contributed by atoms with Crippen molar-refractivity contribution < 1.29 is 5.11 Å². The Morgan fingerprint density at radius 2 is 1.41 bits per heavy atom. The first-order chi connectivity index (χ1) is 7.87. The van der Waals surface area contributed by atoms with Gasteiger partial charge in [0.15, 0.2) is 0 Å². The van der Waals surface area contributed by atoms with Gasteiger partial charge in [0, 0.05) is 5.54 Å². The minimum absolute atomic E-state index is 0.000469. The minimum Gasteiger partial charge on any atom is -0.508 e. The molecule has 4 heteroatoms. The molecule has 3 aliphatic heterocycles. The van der Waals surface area contributed by atoms with E-state index in [0.717, 1.165) is 0 Å². The smallest absolute Gasteiger partial charge is 0.129 e. The fourth-order valence-electron chi connectivity index (χ4n) is 3.61. The van der Waals surface area contributed by atoms with Crippen molar-refractivity contribution in [3.05, 3.63) is 29.8 Å². The van der Waals surface area contributed by atoms with E-state index < -0.39 is 0 Å². The summed E-state index contributed by atoms with van der Waals surface area (Å²) in [5.74, 6) is 0.315. The van der Waals surface area contributed by atoms with Crippen LogP contribution >= 0.6 is 0 Å². The van der Waals surface area contributed by atoms with Gasteiger partial charge in [-0.1, -0.05) is 12.1 Å². The number of hydrogen-bond donors (Lipinski definition) is 4. The van der Waals surface area contributed by atoms with Gasteiger partial charge in [0.1, 0.15) is 17.1 Å². The zero-order valence-corrected chi connectivity index (χ0v) is 10.3. The maximum Gasteiger partial charge on any atom is 0.129 e. The molecule has 0 aliphatic carbocycles. The summed E-state index contributed by atoms with van der Waals surface area (Å²) in [5.41, 5.74) is 1.31. The van der Waals surface area contributed by atoms with Crippen LogP contribution in [0.25, 0.3) is 0 Å². The van der Waals surface area contributed by atoms with Crippen LogP contribution in [0.4, 0.5) is 0 Å². The Morgan fingerprint density at radius 1 is 0.941 bits per heavy atom. The molecule has 3 aliphatic rings. The molecule has 17 heavy (non-hydrogen) atoms. The van der Waals surface area contributed by atoms with Crippen molar-refractivity contribution in [2.24, 2.45) is 0 Å². The quantitative estimate of drug-likeness (QED) is 0.561. The lowest BCUT2D eigenvalue weighted by Crippen LogP contribution is -2.41. The molecule has 0 bridgehead atoms. The van der Waals surface area contributed by atoms with Gasteiger partial charge in [-0.25, -0.2) is 0 Å². The highest BCUT2D eigenvalue weighted by Gasteiger charge is 2.95. The van der Waals surface area contributed by atoms with Crippen molar-refractivity contribution in [2.75, 3.05) is 0 Å². The molecule has 4 nitrogen and oxygen atoms in total. The van der Waals surface area contributed by atoms with Crippen LogP contribution in [0, 0.1) is 0 Å². The molecule has 3 fully saturated rings. The van der Waals surface area contributed by atoms with E-state index in [1.807, 2.05) is 12.1 Å². The maximum atomic E-state index is 9.40. The number of hydrogen-bond acceptors (Lipinski definition) is 4. The van der Waals surface area contributed by atoms with Gasteiger partial charge in [0.2, 0.25) is 0 Å². The van der Waals surface area contributed by atoms with E-state index in [0.29, 0.717) is 5.75 Å². The zero-order chi connectivity index (χ0) is 12.1. The molecular formula is C13H17N3O. The van der Waals surface area contributed by atoms with Gasteiger partial charge in [-0.05, 0) is 38.5 Å². The van der Waals surface area contributed by atoms with Gasteiger partial charge in [-0.2, -0.15) is 0 Å². The highest BCUT2D eigenvalue weighted by atomic mass is 16.3. The molecule has 90 valence electrons. The van der Waals surface area contributed by atoms with Gasteiger partial charge in [-0.15, -0.1) is 0 Å². The van der Waals surface area contributed by atoms with Crippen molar-refractivity contribution >= 4 is 0 Å². The summed E-state index contributed by atoms with van der Waals surface area (Å²) in [7, 11) is 0. The summed E-state index contributed by atoms with van der Waals surface area (Å²) in [4.78, 5) is 0. The van der Waals surface area contributed by atoms with Crippen molar-refractivity contribution in [3.8, 4) is 5.75 Å². The van der Waals surface area contributed by atoms with Crippen molar-refractivity contribution in [2.45, 2.75) is 43.2 Å². The second-order valence-corrected chi connectivity index (χ2v) is 6.17.